The van der Waals surface area contributed by atoms with Crippen LogP contribution < -0.4 is 0 Å². The zero-order valence-corrected chi connectivity index (χ0v) is 12.9. The number of nitrogens with zero attached hydrogens (tertiary/aromatic N) is 1. The summed E-state index contributed by atoms with van der Waals surface area (Å²) in [4.78, 5) is 14.2. The lowest BCUT2D eigenvalue weighted by molar-refractivity contribution is 0.0686. The van der Waals surface area contributed by atoms with Crippen molar-refractivity contribution in [2.45, 2.75) is 12.8 Å². The molecule has 1 amide bonds. The van der Waals surface area contributed by atoms with Gasteiger partial charge in [-0.05, 0) is 37.0 Å². The van der Waals surface area contributed by atoms with Crippen LogP contribution in [0, 0.1) is 5.92 Å². The van der Waals surface area contributed by atoms with Gasteiger partial charge in [0, 0.05) is 34.0 Å². The number of amides is 1. The van der Waals surface area contributed by atoms with E-state index in [9.17, 15) is 4.79 Å². The van der Waals surface area contributed by atoms with Crippen LogP contribution in [0.15, 0.2) is 18.2 Å². The molecule has 1 aliphatic heterocycles. The molecule has 0 radical (unpaired) electrons. The number of rotatable bonds is 2. The Hall–Kier alpha value is -0.250. The summed E-state index contributed by atoms with van der Waals surface area (Å²) in [6.45, 7) is 1.61. The van der Waals surface area contributed by atoms with Crippen LogP contribution in [0.5, 0.6) is 0 Å². The fraction of sp³-hybridized carbons (Fsp3) is 0.462. The predicted molar refractivity (Wildman–Crippen MR) is 78.9 cm³/mol. The summed E-state index contributed by atoms with van der Waals surface area (Å²) in [5, 5.41) is 1.94. The average molecular weight is 351 g/mol. The van der Waals surface area contributed by atoms with E-state index in [1.807, 2.05) is 4.90 Å². The largest absolute Gasteiger partial charge is 0.338 e. The Kier molecular flexibility index (Phi) is 4.93. The second-order valence-corrected chi connectivity index (χ2v) is 6.09. The summed E-state index contributed by atoms with van der Waals surface area (Å²) in [5.41, 5.74) is 0.572. The van der Waals surface area contributed by atoms with Gasteiger partial charge in [-0.25, -0.2) is 0 Å². The highest BCUT2D eigenvalue weighted by atomic mass is 79.9. The van der Waals surface area contributed by atoms with E-state index in [4.69, 9.17) is 23.2 Å². The molecule has 1 saturated heterocycles. The van der Waals surface area contributed by atoms with Gasteiger partial charge in [0.15, 0.2) is 0 Å². The highest BCUT2D eigenvalue weighted by molar-refractivity contribution is 9.09. The van der Waals surface area contributed by atoms with Gasteiger partial charge in [0.05, 0.1) is 0 Å². The Morgan fingerprint density at radius 2 is 2.00 bits per heavy atom. The van der Waals surface area contributed by atoms with Gasteiger partial charge in [-0.2, -0.15) is 0 Å². The van der Waals surface area contributed by atoms with E-state index in [1.54, 1.807) is 18.2 Å². The van der Waals surface area contributed by atoms with Crippen molar-refractivity contribution < 1.29 is 4.79 Å². The number of likely N-dealkylation sites (tertiary alicyclic amines) is 1. The highest BCUT2D eigenvalue weighted by Crippen LogP contribution is 2.23. The topological polar surface area (TPSA) is 20.3 Å². The fourth-order valence-corrected chi connectivity index (χ4v) is 3.29. The average Bonchev–Trinajstić information content (AvgIpc) is 2.37. The molecule has 2 nitrogen and oxygen atoms in total. The van der Waals surface area contributed by atoms with E-state index < -0.39 is 0 Å². The summed E-state index contributed by atoms with van der Waals surface area (Å²) in [6, 6.07) is 4.98. The van der Waals surface area contributed by atoms with E-state index in [0.717, 1.165) is 24.8 Å². The number of alkyl halides is 1. The SMILES string of the molecule is O=C(c1cc(Cl)cc(Cl)c1)N1CCCC(CBr)C1. The zero-order chi connectivity index (χ0) is 13.1. The summed E-state index contributed by atoms with van der Waals surface area (Å²) >= 11 is 15.3. The molecule has 0 aromatic heterocycles. The molecule has 5 heteroatoms. The summed E-state index contributed by atoms with van der Waals surface area (Å²) in [6.07, 6.45) is 2.22. The highest BCUT2D eigenvalue weighted by Gasteiger charge is 2.24. The summed E-state index contributed by atoms with van der Waals surface area (Å²) in [7, 11) is 0. The maximum Gasteiger partial charge on any atom is 0.253 e. The fourth-order valence-electron chi connectivity index (χ4n) is 2.24. The second kappa shape index (κ2) is 6.27. The van der Waals surface area contributed by atoms with E-state index in [1.165, 1.54) is 6.42 Å². The van der Waals surface area contributed by atoms with Crippen LogP contribution in [0.4, 0.5) is 0 Å². The van der Waals surface area contributed by atoms with Crippen molar-refractivity contribution in [3.63, 3.8) is 0 Å². The Morgan fingerprint density at radius 3 is 2.61 bits per heavy atom. The van der Waals surface area contributed by atoms with Gasteiger partial charge in [-0.1, -0.05) is 39.1 Å². The van der Waals surface area contributed by atoms with E-state index >= 15 is 0 Å². The Balaban J connectivity index is 2.15. The van der Waals surface area contributed by atoms with Crippen molar-refractivity contribution in [1.82, 2.24) is 4.90 Å². The molecule has 2 rings (SSSR count). The van der Waals surface area contributed by atoms with Crippen molar-refractivity contribution in [3.05, 3.63) is 33.8 Å². The lowest BCUT2D eigenvalue weighted by Gasteiger charge is -2.32. The normalized spacial score (nSPS) is 19.9. The maximum absolute atomic E-state index is 12.4. The van der Waals surface area contributed by atoms with Gasteiger partial charge in [-0.15, -0.1) is 0 Å². The molecule has 1 unspecified atom stereocenters. The second-order valence-electron chi connectivity index (χ2n) is 4.57. The molecule has 1 aromatic rings. The third-order valence-electron chi connectivity index (χ3n) is 3.13. The maximum atomic E-state index is 12.4. The third-order valence-corrected chi connectivity index (χ3v) is 4.49. The predicted octanol–water partition coefficient (Wildman–Crippen LogP) is 4.24. The van der Waals surface area contributed by atoms with Gasteiger partial charge in [0.2, 0.25) is 0 Å². The van der Waals surface area contributed by atoms with Crippen LogP contribution in [0.25, 0.3) is 0 Å². The van der Waals surface area contributed by atoms with Crippen molar-refractivity contribution in [2.75, 3.05) is 18.4 Å². The molecule has 1 aliphatic rings. The van der Waals surface area contributed by atoms with Gasteiger partial charge >= 0.3 is 0 Å². The molecule has 0 aliphatic carbocycles. The summed E-state index contributed by atoms with van der Waals surface area (Å²) < 4.78 is 0. The Bertz CT molecular complexity index is 432. The van der Waals surface area contributed by atoms with E-state index in [2.05, 4.69) is 15.9 Å². The van der Waals surface area contributed by atoms with E-state index in [-0.39, 0.29) is 5.91 Å². The number of benzene rings is 1. The van der Waals surface area contributed by atoms with Gasteiger partial charge < -0.3 is 4.90 Å². The Morgan fingerprint density at radius 1 is 1.33 bits per heavy atom. The number of piperidine rings is 1. The minimum atomic E-state index is 0.0186. The van der Waals surface area contributed by atoms with Gasteiger partial charge in [0.25, 0.3) is 5.91 Å². The van der Waals surface area contributed by atoms with Crippen LogP contribution in [0.3, 0.4) is 0 Å². The number of hydrogen-bond donors (Lipinski definition) is 0. The van der Waals surface area contributed by atoms with Crippen molar-refractivity contribution in [3.8, 4) is 0 Å². The van der Waals surface area contributed by atoms with Crippen molar-refractivity contribution in [1.29, 1.82) is 0 Å². The molecule has 98 valence electrons. The molecule has 0 N–H and O–H groups in total. The molecular formula is C13H14BrCl2NO. The number of hydrogen-bond acceptors (Lipinski definition) is 1. The zero-order valence-electron chi connectivity index (χ0n) is 9.83. The Labute approximate surface area is 125 Å². The first kappa shape index (κ1) is 14.2. The monoisotopic (exact) mass is 349 g/mol. The summed E-state index contributed by atoms with van der Waals surface area (Å²) in [5.74, 6) is 0.558. The lowest BCUT2D eigenvalue weighted by Crippen LogP contribution is -2.40. The number of carbonyl (C=O) groups is 1. The van der Waals surface area contributed by atoms with Crippen LogP contribution >= 0.6 is 39.1 Å². The molecule has 1 aromatic carbocycles. The molecule has 0 spiro atoms. The molecule has 1 atom stereocenters. The molecule has 0 saturated carbocycles. The van der Waals surface area contributed by atoms with Crippen LogP contribution in [-0.2, 0) is 0 Å². The van der Waals surface area contributed by atoms with Crippen LogP contribution in [0.2, 0.25) is 10.0 Å². The minimum absolute atomic E-state index is 0.0186. The van der Waals surface area contributed by atoms with Gasteiger partial charge in [-0.3, -0.25) is 4.79 Å². The third kappa shape index (κ3) is 3.40. The first-order valence-corrected chi connectivity index (χ1v) is 7.79. The van der Waals surface area contributed by atoms with Crippen LogP contribution in [0.1, 0.15) is 23.2 Å². The first-order chi connectivity index (χ1) is 8.60. The molecule has 0 bridgehead atoms. The minimum Gasteiger partial charge on any atom is -0.338 e. The number of halogens is 3. The van der Waals surface area contributed by atoms with Gasteiger partial charge in [0.1, 0.15) is 0 Å². The van der Waals surface area contributed by atoms with Crippen molar-refractivity contribution in [2.24, 2.45) is 5.92 Å². The molecule has 18 heavy (non-hydrogen) atoms. The lowest BCUT2D eigenvalue weighted by atomic mass is 9.99. The quantitative estimate of drug-likeness (QED) is 0.730. The first-order valence-electron chi connectivity index (χ1n) is 5.91. The van der Waals surface area contributed by atoms with E-state index in [0.29, 0.717) is 21.5 Å². The molecular weight excluding hydrogens is 337 g/mol. The smallest absolute Gasteiger partial charge is 0.253 e. The van der Waals surface area contributed by atoms with Crippen LogP contribution in [-0.4, -0.2) is 29.2 Å². The standard InChI is InChI=1S/C13H14BrCl2NO/c14-7-9-2-1-3-17(8-9)13(18)10-4-11(15)6-12(16)5-10/h4-6,9H,1-3,7-8H2. The number of carbonyl (C=O) groups excluding carboxylic acids is 1. The molecule has 1 heterocycles. The van der Waals surface area contributed by atoms with Crippen molar-refractivity contribution >= 4 is 45.0 Å². The molecule has 1 fully saturated rings.